The van der Waals surface area contributed by atoms with E-state index in [1.165, 1.54) is 15.7 Å². The first-order valence-corrected chi connectivity index (χ1v) is 7.55. The van der Waals surface area contributed by atoms with Gasteiger partial charge in [0.05, 0.1) is 6.10 Å². The third kappa shape index (κ3) is 2.66. The van der Waals surface area contributed by atoms with Gasteiger partial charge in [-0.25, -0.2) is 0 Å². The van der Waals surface area contributed by atoms with Crippen LogP contribution < -0.4 is 5.32 Å². The summed E-state index contributed by atoms with van der Waals surface area (Å²) in [5, 5.41) is 25.4. The lowest BCUT2D eigenvalue weighted by Gasteiger charge is -2.07. The van der Waals surface area contributed by atoms with Crippen molar-refractivity contribution in [2.24, 2.45) is 0 Å². The molecular weight excluding hydrogens is 304 g/mol. The van der Waals surface area contributed by atoms with Gasteiger partial charge in [-0.05, 0) is 23.0 Å². The Morgan fingerprint density at radius 3 is 2.82 bits per heavy atom. The number of hydrogen-bond donors (Lipinski definition) is 2. The molecule has 1 atom stereocenters. The maximum absolute atomic E-state index is 11.2. The number of nitrogens with zero attached hydrogens (tertiary/aromatic N) is 3. The van der Waals surface area contributed by atoms with Crippen molar-refractivity contribution >= 4 is 27.9 Å². The molecule has 0 aliphatic heterocycles. The molecule has 0 saturated heterocycles. The summed E-state index contributed by atoms with van der Waals surface area (Å²) < 4.78 is 1.46. The molecule has 0 fully saturated rings. The Bertz CT molecular complexity index is 807. The fourth-order valence-corrected chi connectivity index (χ4v) is 2.88. The van der Waals surface area contributed by atoms with Crippen LogP contribution in [0.3, 0.4) is 0 Å². The van der Waals surface area contributed by atoms with Gasteiger partial charge in [0.15, 0.2) is 0 Å². The average molecular weight is 318 g/mol. The van der Waals surface area contributed by atoms with E-state index < -0.39 is 11.0 Å². The highest BCUT2D eigenvalue weighted by atomic mass is 32.1. The minimum absolute atomic E-state index is 0.0585. The van der Waals surface area contributed by atoms with E-state index in [1.807, 2.05) is 24.3 Å². The molecule has 0 aliphatic rings. The Morgan fingerprint density at radius 1 is 1.45 bits per heavy atom. The van der Waals surface area contributed by atoms with Crippen molar-refractivity contribution in [2.75, 3.05) is 5.32 Å². The summed E-state index contributed by atoms with van der Waals surface area (Å²) in [5.41, 5.74) is 1.78. The molecule has 2 heterocycles. The second-order valence-corrected chi connectivity index (χ2v) is 5.74. The average Bonchev–Trinajstić information content (AvgIpc) is 3.05. The zero-order valence-electron chi connectivity index (χ0n) is 11.8. The number of hydrogen-bond acceptors (Lipinski definition) is 6. The lowest BCUT2D eigenvalue weighted by atomic mass is 10.1. The van der Waals surface area contributed by atoms with Gasteiger partial charge in [-0.15, -0.1) is 0 Å². The van der Waals surface area contributed by atoms with Gasteiger partial charge in [0, 0.05) is 11.9 Å². The Hall–Kier alpha value is -2.45. The van der Waals surface area contributed by atoms with Gasteiger partial charge in [-0.3, -0.25) is 0 Å². The number of aliphatic hydroxyl groups excluding tert-OH is 1. The van der Waals surface area contributed by atoms with Crippen LogP contribution in [0.4, 0.5) is 11.6 Å². The van der Waals surface area contributed by atoms with Crippen LogP contribution >= 0.6 is 11.3 Å². The summed E-state index contributed by atoms with van der Waals surface area (Å²) in [6, 6.07) is 7.42. The van der Waals surface area contributed by atoms with E-state index in [2.05, 4.69) is 10.3 Å². The van der Waals surface area contributed by atoms with Crippen LogP contribution in [0, 0.1) is 10.1 Å². The molecule has 0 radical (unpaired) electrons. The Labute approximate surface area is 130 Å². The fraction of sp³-hybridized carbons (Fsp3) is 0.214. The van der Waals surface area contributed by atoms with Gasteiger partial charge in [0.2, 0.25) is 5.82 Å². The van der Waals surface area contributed by atoms with Gasteiger partial charge < -0.3 is 20.5 Å². The number of aliphatic hydroxyl groups is 1. The molecule has 0 spiro atoms. The Balaban J connectivity index is 1.80. The summed E-state index contributed by atoms with van der Waals surface area (Å²) in [5.74, 6) is 0.202. The van der Waals surface area contributed by atoms with Gasteiger partial charge in [-0.2, -0.15) is 9.38 Å². The molecule has 0 amide bonds. The summed E-state index contributed by atoms with van der Waals surface area (Å²) in [7, 11) is 0. The number of fused-ring (bicyclic) bond motifs is 1. The minimum atomic E-state index is -0.511. The van der Waals surface area contributed by atoms with Gasteiger partial charge in [0.25, 0.3) is 4.96 Å². The van der Waals surface area contributed by atoms with E-state index in [9.17, 15) is 15.2 Å². The quantitative estimate of drug-likeness (QED) is 0.557. The number of imidazole rings is 1. The molecule has 2 aromatic heterocycles. The number of nitrogens with one attached hydrogen (secondary N) is 1. The highest BCUT2D eigenvalue weighted by Crippen LogP contribution is 2.28. The molecule has 8 heteroatoms. The third-order valence-electron chi connectivity index (χ3n) is 3.33. The predicted molar refractivity (Wildman–Crippen MR) is 84.1 cm³/mol. The molecule has 0 bridgehead atoms. The first kappa shape index (κ1) is 14.5. The molecule has 0 aliphatic carbocycles. The molecule has 7 nitrogen and oxygen atoms in total. The van der Waals surface area contributed by atoms with Crippen molar-refractivity contribution < 1.29 is 10.0 Å². The number of thiazole rings is 1. The first-order chi connectivity index (χ1) is 10.6. The minimum Gasteiger partial charge on any atom is -0.389 e. The number of rotatable bonds is 5. The molecule has 3 rings (SSSR count). The maximum Gasteiger partial charge on any atom is 0.372 e. The standard InChI is InChI=1S/C14H14N4O3S/c1-9(19)11-4-2-10(3-5-11)8-15-12-13(18(20)21)17-6-7-22-14(17)16-12/h2-7,9,15,19H,8H2,1H3/t9-/m1/s1. The van der Waals surface area contributed by atoms with E-state index in [1.54, 1.807) is 18.5 Å². The Morgan fingerprint density at radius 2 is 2.18 bits per heavy atom. The van der Waals surface area contributed by atoms with E-state index in [4.69, 9.17) is 0 Å². The van der Waals surface area contributed by atoms with E-state index in [0.29, 0.717) is 11.5 Å². The molecule has 2 N–H and O–H groups in total. The van der Waals surface area contributed by atoms with Gasteiger partial charge in [-0.1, -0.05) is 35.6 Å². The van der Waals surface area contributed by atoms with Crippen molar-refractivity contribution in [2.45, 2.75) is 19.6 Å². The van der Waals surface area contributed by atoms with Crippen LogP contribution in [0.25, 0.3) is 4.96 Å². The summed E-state index contributed by atoms with van der Waals surface area (Å²) in [6.45, 7) is 2.13. The Kier molecular flexibility index (Phi) is 3.78. The third-order valence-corrected chi connectivity index (χ3v) is 4.09. The molecule has 1 aromatic carbocycles. The molecular formula is C14H14N4O3S. The first-order valence-electron chi connectivity index (χ1n) is 6.67. The lowest BCUT2D eigenvalue weighted by molar-refractivity contribution is -0.389. The van der Waals surface area contributed by atoms with Crippen molar-refractivity contribution in [3.8, 4) is 0 Å². The monoisotopic (exact) mass is 318 g/mol. The van der Waals surface area contributed by atoms with Crippen LogP contribution in [0.1, 0.15) is 24.2 Å². The maximum atomic E-state index is 11.2. The SMILES string of the molecule is C[C@@H](O)c1ccc(CNc2nc3sccn3c2[N+](=O)[O-])cc1. The van der Waals surface area contributed by atoms with Crippen molar-refractivity contribution in [3.05, 3.63) is 57.1 Å². The van der Waals surface area contributed by atoms with Crippen LogP contribution in [0.5, 0.6) is 0 Å². The van der Waals surface area contributed by atoms with Crippen LogP contribution in [0.15, 0.2) is 35.8 Å². The lowest BCUT2D eigenvalue weighted by Crippen LogP contribution is -2.03. The molecule has 22 heavy (non-hydrogen) atoms. The van der Waals surface area contributed by atoms with E-state index >= 15 is 0 Å². The number of benzene rings is 1. The van der Waals surface area contributed by atoms with Crippen molar-refractivity contribution in [3.63, 3.8) is 0 Å². The summed E-state index contributed by atoms with van der Waals surface area (Å²) >= 11 is 1.35. The highest BCUT2D eigenvalue weighted by Gasteiger charge is 2.23. The van der Waals surface area contributed by atoms with Crippen LogP contribution in [-0.4, -0.2) is 19.4 Å². The zero-order valence-corrected chi connectivity index (χ0v) is 12.6. The molecule has 0 unspecified atom stereocenters. The van der Waals surface area contributed by atoms with Crippen LogP contribution in [-0.2, 0) is 6.54 Å². The smallest absolute Gasteiger partial charge is 0.372 e. The zero-order chi connectivity index (χ0) is 15.7. The van der Waals surface area contributed by atoms with E-state index in [-0.39, 0.29) is 11.6 Å². The number of aromatic nitrogens is 2. The van der Waals surface area contributed by atoms with Crippen molar-refractivity contribution in [1.82, 2.24) is 9.38 Å². The molecule has 0 saturated carbocycles. The number of nitro groups is 1. The second kappa shape index (κ2) is 5.74. The molecule has 3 aromatic rings. The summed E-state index contributed by atoms with van der Waals surface area (Å²) in [6.07, 6.45) is 1.12. The highest BCUT2D eigenvalue weighted by molar-refractivity contribution is 7.15. The summed E-state index contributed by atoms with van der Waals surface area (Å²) in [4.78, 5) is 15.6. The predicted octanol–water partition coefficient (Wildman–Crippen LogP) is 2.97. The number of anilines is 1. The second-order valence-electron chi connectivity index (χ2n) is 4.87. The fourth-order valence-electron chi connectivity index (χ4n) is 2.17. The van der Waals surface area contributed by atoms with Gasteiger partial charge >= 0.3 is 5.82 Å². The van der Waals surface area contributed by atoms with Crippen LogP contribution in [0.2, 0.25) is 0 Å². The largest absolute Gasteiger partial charge is 0.389 e. The topological polar surface area (TPSA) is 92.7 Å². The van der Waals surface area contributed by atoms with Crippen molar-refractivity contribution in [1.29, 1.82) is 0 Å². The molecule has 114 valence electrons. The van der Waals surface area contributed by atoms with E-state index in [0.717, 1.165) is 11.1 Å². The van der Waals surface area contributed by atoms with Gasteiger partial charge in [0.1, 0.15) is 6.20 Å². The normalized spacial score (nSPS) is 12.5.